The van der Waals surface area contributed by atoms with Crippen LogP contribution in [-0.2, 0) is 4.79 Å². The van der Waals surface area contributed by atoms with Crippen molar-refractivity contribution in [1.29, 1.82) is 0 Å². The smallest absolute Gasteiger partial charge is 0.246 e. The number of hydrogen-bond donors (Lipinski definition) is 3. The maximum absolute atomic E-state index is 12.8. The van der Waals surface area contributed by atoms with Gasteiger partial charge in [0.25, 0.3) is 0 Å². The van der Waals surface area contributed by atoms with Gasteiger partial charge in [0.05, 0.1) is 22.4 Å². The number of nitrogens with one attached hydrogen (secondary N) is 3. The molecule has 2 heterocycles. The zero-order valence-electron chi connectivity index (χ0n) is 12.7. The molecule has 0 aliphatic carbocycles. The Morgan fingerprint density at radius 1 is 1.29 bits per heavy atom. The van der Waals surface area contributed by atoms with Crippen molar-refractivity contribution in [2.24, 2.45) is 0 Å². The number of aromatic nitrogens is 2. The van der Waals surface area contributed by atoms with Crippen LogP contribution in [0.4, 0.5) is 5.69 Å². The lowest BCUT2D eigenvalue weighted by Crippen LogP contribution is -2.33. The van der Waals surface area contributed by atoms with Gasteiger partial charge in [-0.25, -0.2) is 0 Å². The Labute approximate surface area is 143 Å². The minimum atomic E-state index is -0.500. The summed E-state index contributed by atoms with van der Waals surface area (Å²) >= 11 is 6.38. The number of nitrogens with zero attached hydrogens (tertiary/aromatic N) is 1. The van der Waals surface area contributed by atoms with Crippen LogP contribution in [0.2, 0.25) is 5.02 Å². The number of amides is 1. The number of fused-ring (bicyclic) bond motifs is 2. The van der Waals surface area contributed by atoms with Crippen LogP contribution in [-0.4, -0.2) is 29.3 Å². The average Bonchev–Trinajstić information content (AvgIpc) is 2.97. The van der Waals surface area contributed by atoms with Gasteiger partial charge >= 0.3 is 0 Å². The van der Waals surface area contributed by atoms with Crippen molar-refractivity contribution in [2.75, 3.05) is 18.5 Å². The van der Waals surface area contributed by atoms with E-state index in [1.54, 1.807) is 12.3 Å². The predicted molar refractivity (Wildman–Crippen MR) is 92.4 cm³/mol. The third kappa shape index (κ3) is 2.60. The highest BCUT2D eigenvalue weighted by molar-refractivity contribution is 6.38. The highest BCUT2D eigenvalue weighted by atomic mass is 35.5. The molecular formula is C17H15ClN4O2. The first kappa shape index (κ1) is 15.0. The van der Waals surface area contributed by atoms with Crippen molar-refractivity contribution in [3.8, 4) is 5.75 Å². The predicted octanol–water partition coefficient (Wildman–Crippen LogP) is 2.88. The summed E-state index contributed by atoms with van der Waals surface area (Å²) in [6.07, 6.45) is 1.64. The molecule has 3 N–H and O–H groups in total. The van der Waals surface area contributed by atoms with Gasteiger partial charge in [-0.1, -0.05) is 29.8 Å². The minimum Gasteiger partial charge on any atom is -0.492 e. The van der Waals surface area contributed by atoms with Crippen LogP contribution in [0.3, 0.4) is 0 Å². The largest absolute Gasteiger partial charge is 0.492 e. The number of para-hydroxylation sites is 1. The average molecular weight is 343 g/mol. The van der Waals surface area contributed by atoms with E-state index in [0.29, 0.717) is 23.9 Å². The first-order valence-electron chi connectivity index (χ1n) is 7.61. The molecule has 3 aromatic rings. The third-order valence-corrected chi connectivity index (χ3v) is 4.42. The summed E-state index contributed by atoms with van der Waals surface area (Å²) in [5.74, 6) is 0.539. The number of aromatic amines is 1. The molecule has 2 aromatic carbocycles. The van der Waals surface area contributed by atoms with E-state index in [1.165, 1.54) is 0 Å². The molecule has 122 valence electrons. The number of carbonyl (C=O) groups is 1. The van der Waals surface area contributed by atoms with Gasteiger partial charge in [0.15, 0.2) is 0 Å². The van der Waals surface area contributed by atoms with Gasteiger partial charge in [-0.3, -0.25) is 15.2 Å². The van der Waals surface area contributed by atoms with Crippen LogP contribution in [0.15, 0.2) is 42.6 Å². The highest BCUT2D eigenvalue weighted by Crippen LogP contribution is 2.32. The normalized spacial score (nSPS) is 17.0. The topological polar surface area (TPSA) is 79.0 Å². The Balaban J connectivity index is 1.65. The Hall–Kier alpha value is -2.57. The maximum Gasteiger partial charge on any atom is 0.246 e. The van der Waals surface area contributed by atoms with Crippen molar-refractivity contribution in [1.82, 2.24) is 15.5 Å². The van der Waals surface area contributed by atoms with Gasteiger partial charge < -0.3 is 10.1 Å². The fourth-order valence-electron chi connectivity index (χ4n) is 2.84. The van der Waals surface area contributed by atoms with Crippen LogP contribution < -0.4 is 15.4 Å². The minimum absolute atomic E-state index is 0.183. The summed E-state index contributed by atoms with van der Waals surface area (Å²) in [4.78, 5) is 12.8. The molecule has 0 radical (unpaired) electrons. The molecule has 0 saturated heterocycles. The molecule has 0 spiro atoms. The monoisotopic (exact) mass is 342 g/mol. The number of hydrogen-bond acceptors (Lipinski definition) is 4. The van der Waals surface area contributed by atoms with E-state index < -0.39 is 6.04 Å². The molecule has 24 heavy (non-hydrogen) atoms. The number of benzene rings is 2. The molecule has 1 aromatic heterocycles. The molecule has 0 bridgehead atoms. The van der Waals surface area contributed by atoms with Gasteiger partial charge in [0.2, 0.25) is 5.91 Å². The molecule has 0 fully saturated rings. The number of halogens is 1. The van der Waals surface area contributed by atoms with Crippen LogP contribution in [0, 0.1) is 0 Å². The summed E-state index contributed by atoms with van der Waals surface area (Å²) in [7, 11) is 0. The molecule has 1 aliphatic rings. The maximum atomic E-state index is 12.8. The van der Waals surface area contributed by atoms with Gasteiger partial charge in [-0.05, 0) is 18.2 Å². The van der Waals surface area contributed by atoms with Crippen molar-refractivity contribution in [3.05, 3.63) is 53.2 Å². The van der Waals surface area contributed by atoms with E-state index in [4.69, 9.17) is 16.3 Å². The lowest BCUT2D eigenvalue weighted by Gasteiger charge is -2.18. The standard InChI is InChI=1S/C17H15ClN4O2/c18-15-11-9-20-22-12(11)5-6-13(15)21-17(23)16-10-3-1-2-4-14(10)24-8-7-19-16/h1-6,9,16,19H,7-8H2,(H,20,22)(H,21,23). The van der Waals surface area contributed by atoms with Crippen molar-refractivity contribution in [2.45, 2.75) is 6.04 Å². The second kappa shape index (κ2) is 6.14. The summed E-state index contributed by atoms with van der Waals surface area (Å²) in [6, 6.07) is 10.6. The van der Waals surface area contributed by atoms with Crippen LogP contribution in [0.5, 0.6) is 5.75 Å². The zero-order valence-corrected chi connectivity index (χ0v) is 13.4. The quantitative estimate of drug-likeness (QED) is 0.669. The van der Waals surface area contributed by atoms with Crippen LogP contribution >= 0.6 is 11.6 Å². The fourth-order valence-corrected chi connectivity index (χ4v) is 3.10. The Morgan fingerprint density at radius 3 is 3.08 bits per heavy atom. The lowest BCUT2D eigenvalue weighted by molar-refractivity contribution is -0.118. The molecule has 0 saturated carbocycles. The summed E-state index contributed by atoms with van der Waals surface area (Å²) < 4.78 is 5.67. The van der Waals surface area contributed by atoms with E-state index in [-0.39, 0.29) is 5.91 Å². The van der Waals surface area contributed by atoms with Gasteiger partial charge in [0.1, 0.15) is 18.4 Å². The molecule has 4 rings (SSSR count). The Bertz CT molecular complexity index is 908. The second-order valence-electron chi connectivity index (χ2n) is 5.52. The summed E-state index contributed by atoms with van der Waals surface area (Å²) in [5, 5.41) is 14.2. The lowest BCUT2D eigenvalue weighted by atomic mass is 10.0. The number of anilines is 1. The molecule has 1 unspecified atom stereocenters. The van der Waals surface area contributed by atoms with E-state index >= 15 is 0 Å². The molecule has 1 aliphatic heterocycles. The van der Waals surface area contributed by atoms with Crippen molar-refractivity contribution >= 4 is 34.1 Å². The zero-order chi connectivity index (χ0) is 16.5. The number of rotatable bonds is 2. The Morgan fingerprint density at radius 2 is 2.17 bits per heavy atom. The first-order chi connectivity index (χ1) is 11.7. The van der Waals surface area contributed by atoms with E-state index in [9.17, 15) is 4.79 Å². The van der Waals surface area contributed by atoms with Gasteiger partial charge in [0, 0.05) is 17.5 Å². The number of H-pyrrole nitrogens is 1. The van der Waals surface area contributed by atoms with E-state index in [1.807, 2.05) is 30.3 Å². The van der Waals surface area contributed by atoms with Crippen LogP contribution in [0.1, 0.15) is 11.6 Å². The van der Waals surface area contributed by atoms with Gasteiger partial charge in [-0.2, -0.15) is 5.10 Å². The summed E-state index contributed by atoms with van der Waals surface area (Å²) in [6.45, 7) is 1.10. The molecule has 1 atom stereocenters. The van der Waals surface area contributed by atoms with E-state index in [2.05, 4.69) is 20.8 Å². The van der Waals surface area contributed by atoms with Crippen LogP contribution in [0.25, 0.3) is 10.9 Å². The molecule has 1 amide bonds. The van der Waals surface area contributed by atoms with Gasteiger partial charge in [-0.15, -0.1) is 0 Å². The highest BCUT2D eigenvalue weighted by Gasteiger charge is 2.26. The molecule has 7 heteroatoms. The number of ether oxygens (including phenoxy) is 1. The summed E-state index contributed by atoms with van der Waals surface area (Å²) in [5.41, 5.74) is 2.19. The van der Waals surface area contributed by atoms with Crippen molar-refractivity contribution < 1.29 is 9.53 Å². The second-order valence-corrected chi connectivity index (χ2v) is 5.90. The SMILES string of the molecule is O=C(Nc1ccc2[nH]ncc2c1Cl)C1NCCOc2ccccc21. The Kier molecular flexibility index (Phi) is 3.84. The van der Waals surface area contributed by atoms with Crippen molar-refractivity contribution in [3.63, 3.8) is 0 Å². The van der Waals surface area contributed by atoms with E-state index in [0.717, 1.165) is 22.2 Å². The molecular weight excluding hydrogens is 328 g/mol. The third-order valence-electron chi connectivity index (χ3n) is 4.02. The first-order valence-corrected chi connectivity index (χ1v) is 7.99. The number of carbonyl (C=O) groups excluding carboxylic acids is 1. The molecule has 6 nitrogen and oxygen atoms in total. The fraction of sp³-hybridized carbons (Fsp3) is 0.176.